The minimum atomic E-state index is -1.53. The van der Waals surface area contributed by atoms with E-state index in [1.165, 1.54) is 33.5 Å². The predicted octanol–water partition coefficient (Wildman–Crippen LogP) is 0.480. The van der Waals surface area contributed by atoms with E-state index in [0.29, 0.717) is 15.5 Å². The molecule has 21 heavy (non-hydrogen) atoms. The largest absolute Gasteiger partial charge is 0.512 e. The Labute approximate surface area is 126 Å². The van der Waals surface area contributed by atoms with Gasteiger partial charge < -0.3 is 20.1 Å². The number of carbonyl (C=O) groups is 2. The normalized spacial score (nSPS) is 24.1. The van der Waals surface area contributed by atoms with Crippen molar-refractivity contribution in [3.63, 3.8) is 0 Å². The first-order chi connectivity index (χ1) is 10.1. The average Bonchev–Trinajstić information content (AvgIpc) is 3.00. The van der Waals surface area contributed by atoms with Crippen LogP contribution in [0.1, 0.15) is 10.6 Å². The molecule has 8 nitrogen and oxygen atoms in total. The van der Waals surface area contributed by atoms with Gasteiger partial charge in [-0.15, -0.1) is 11.3 Å². The van der Waals surface area contributed by atoms with Gasteiger partial charge in [0.15, 0.2) is 0 Å². The van der Waals surface area contributed by atoms with E-state index in [2.05, 4.69) is 4.98 Å². The number of nitrogens with zero attached hydrogens (tertiary/aromatic N) is 2. The summed E-state index contributed by atoms with van der Waals surface area (Å²) in [6, 6.07) is 0. The molecular weight excluding hydrogens is 320 g/mol. The van der Waals surface area contributed by atoms with Gasteiger partial charge in [-0.2, -0.15) is 0 Å². The van der Waals surface area contributed by atoms with Crippen LogP contribution in [-0.4, -0.2) is 49.2 Å². The van der Waals surface area contributed by atoms with Gasteiger partial charge in [-0.1, -0.05) is 11.8 Å². The second kappa shape index (κ2) is 5.30. The zero-order valence-electron chi connectivity index (χ0n) is 10.4. The fourth-order valence-electron chi connectivity index (χ4n) is 2.22. The van der Waals surface area contributed by atoms with Gasteiger partial charge in [-0.05, 0) is 0 Å². The van der Waals surface area contributed by atoms with Crippen LogP contribution >= 0.6 is 23.1 Å². The van der Waals surface area contributed by atoms with Crippen molar-refractivity contribution in [1.82, 2.24) is 9.88 Å². The molecule has 1 amide bonds. The lowest BCUT2D eigenvalue weighted by Crippen LogP contribution is -2.58. The molecule has 3 rings (SSSR count). The molecule has 1 aromatic rings. The van der Waals surface area contributed by atoms with Crippen LogP contribution < -0.4 is 0 Å². The average molecular weight is 330 g/mol. The first-order valence-corrected chi connectivity index (χ1v) is 7.63. The fraction of sp³-hybridized carbons (Fsp3) is 0.364. The maximum Gasteiger partial charge on any atom is 0.512 e. The monoisotopic (exact) mass is 330 g/mol. The minimum absolute atomic E-state index is 0.0776. The Morgan fingerprint density at radius 1 is 1.48 bits per heavy atom. The Hall–Kier alpha value is -1.62. The number of aliphatic hydroxyl groups is 2. The van der Waals surface area contributed by atoms with E-state index < -0.39 is 12.1 Å². The molecule has 0 spiro atoms. The maximum atomic E-state index is 11.9. The third-order valence-corrected chi connectivity index (χ3v) is 5.59. The van der Waals surface area contributed by atoms with E-state index in [1.54, 1.807) is 0 Å². The predicted molar refractivity (Wildman–Crippen MR) is 72.9 cm³/mol. The third kappa shape index (κ3) is 2.11. The lowest BCUT2D eigenvalue weighted by atomic mass is 10.00. The first kappa shape index (κ1) is 14.3. The Balaban J connectivity index is 2.02. The van der Waals surface area contributed by atoms with Crippen LogP contribution in [0.5, 0.6) is 0 Å². The fourth-order valence-corrected chi connectivity index (χ4v) is 4.62. The summed E-state index contributed by atoms with van der Waals surface area (Å²) in [5.41, 5.74) is 1.91. The summed E-state index contributed by atoms with van der Waals surface area (Å²) in [7, 11) is 0. The van der Waals surface area contributed by atoms with Crippen molar-refractivity contribution >= 4 is 40.1 Å². The number of hydrogen-bond donors (Lipinski definition) is 3. The number of thiazole rings is 1. The van der Waals surface area contributed by atoms with Crippen molar-refractivity contribution in [1.29, 1.82) is 0 Å². The molecule has 0 bridgehead atoms. The molecule has 2 atom stereocenters. The smallest absolute Gasteiger partial charge is 0.449 e. The number of hydrogen-bond acceptors (Lipinski definition) is 8. The second-order valence-electron chi connectivity index (χ2n) is 4.29. The summed E-state index contributed by atoms with van der Waals surface area (Å²) in [6.07, 6.45) is -1.53. The first-order valence-electron chi connectivity index (χ1n) is 5.87. The van der Waals surface area contributed by atoms with Gasteiger partial charge in [0.1, 0.15) is 5.37 Å². The molecular formula is C11H10N2O6S2. The summed E-state index contributed by atoms with van der Waals surface area (Å²) < 4.78 is 4.74. The Morgan fingerprint density at radius 2 is 2.24 bits per heavy atom. The molecule has 3 N–H and O–H groups in total. The van der Waals surface area contributed by atoms with Gasteiger partial charge in [-0.3, -0.25) is 9.69 Å². The molecule has 2 aliphatic heterocycles. The molecule has 10 heteroatoms. The van der Waals surface area contributed by atoms with E-state index in [4.69, 9.17) is 9.84 Å². The van der Waals surface area contributed by atoms with Crippen molar-refractivity contribution in [2.45, 2.75) is 12.0 Å². The van der Waals surface area contributed by atoms with Crippen molar-refractivity contribution < 1.29 is 29.6 Å². The number of ether oxygens (including phenoxy) is 1. The van der Waals surface area contributed by atoms with Crippen molar-refractivity contribution in [2.75, 3.05) is 6.61 Å². The quantitative estimate of drug-likeness (QED) is 0.538. The Kier molecular flexibility index (Phi) is 3.61. The number of aromatic nitrogens is 1. The lowest BCUT2D eigenvalue weighted by Gasteiger charge is -2.40. The summed E-state index contributed by atoms with van der Waals surface area (Å²) in [6.45, 7) is -0.610. The van der Waals surface area contributed by atoms with Crippen molar-refractivity contribution in [3.05, 3.63) is 22.0 Å². The van der Waals surface area contributed by atoms with Crippen molar-refractivity contribution in [2.24, 2.45) is 5.92 Å². The highest BCUT2D eigenvalue weighted by molar-refractivity contribution is 8.09. The zero-order chi connectivity index (χ0) is 15.1. The highest BCUT2D eigenvalue weighted by Crippen LogP contribution is 2.54. The van der Waals surface area contributed by atoms with Gasteiger partial charge in [0.05, 0.1) is 40.1 Å². The summed E-state index contributed by atoms with van der Waals surface area (Å²) >= 11 is 2.45. The number of β-lactam (4-membered cyclic amide) rings is 1. The van der Waals surface area contributed by atoms with Gasteiger partial charge in [-0.25, -0.2) is 9.78 Å². The molecule has 0 aliphatic carbocycles. The number of carbonyl (C=O) groups excluding carboxylic acids is 1. The summed E-state index contributed by atoms with van der Waals surface area (Å²) in [5, 5.41) is 26.9. The lowest BCUT2D eigenvalue weighted by molar-refractivity contribution is -0.151. The standard InChI is InChI=1S/C11H10N2O6S2/c14-1-4-8(16)13-9(19-11(17)18)7(21-10(4)13)6-5(2-15)12-3-20-6/h3-4,10,14-15H,1-2H2,(H,17,18)/t4-,10+/m0/s1. The van der Waals surface area contributed by atoms with Gasteiger partial charge in [0.25, 0.3) is 0 Å². The SMILES string of the molecule is O=C(O)OC1=C(c2scnc2CO)S[C@@H]2[C@@H](CO)C(=O)N12. The van der Waals surface area contributed by atoms with Crippen LogP contribution in [0.25, 0.3) is 4.91 Å². The Morgan fingerprint density at radius 3 is 2.86 bits per heavy atom. The van der Waals surface area contributed by atoms with Gasteiger partial charge in [0.2, 0.25) is 11.8 Å². The minimum Gasteiger partial charge on any atom is -0.449 e. The summed E-state index contributed by atoms with van der Waals surface area (Å²) in [4.78, 5) is 29.0. The topological polar surface area (TPSA) is 120 Å². The zero-order valence-corrected chi connectivity index (χ0v) is 12.1. The van der Waals surface area contributed by atoms with E-state index in [9.17, 15) is 19.8 Å². The molecule has 2 aliphatic rings. The third-order valence-electron chi connectivity index (χ3n) is 3.18. The molecule has 0 unspecified atom stereocenters. The van der Waals surface area contributed by atoms with Crippen LogP contribution in [-0.2, 0) is 16.1 Å². The highest BCUT2D eigenvalue weighted by Gasteiger charge is 2.56. The van der Waals surface area contributed by atoms with Gasteiger partial charge in [0, 0.05) is 0 Å². The van der Waals surface area contributed by atoms with E-state index in [0.717, 1.165) is 0 Å². The number of carboxylic acid groups (broad SMARTS) is 1. The van der Waals surface area contributed by atoms with Crippen molar-refractivity contribution in [3.8, 4) is 0 Å². The molecule has 112 valence electrons. The van der Waals surface area contributed by atoms with Crippen LogP contribution in [0.3, 0.4) is 0 Å². The van der Waals surface area contributed by atoms with E-state index in [1.807, 2.05) is 0 Å². The van der Waals surface area contributed by atoms with Gasteiger partial charge >= 0.3 is 6.16 Å². The molecule has 0 saturated carbocycles. The molecule has 3 heterocycles. The molecule has 1 fully saturated rings. The number of aliphatic hydroxyl groups excluding tert-OH is 2. The van der Waals surface area contributed by atoms with E-state index in [-0.39, 0.29) is 30.4 Å². The van der Waals surface area contributed by atoms with Crippen LogP contribution in [0.4, 0.5) is 4.79 Å². The van der Waals surface area contributed by atoms with E-state index >= 15 is 0 Å². The molecule has 1 saturated heterocycles. The number of amides is 1. The molecule has 1 aromatic heterocycles. The number of rotatable bonds is 4. The number of thioether (sulfide) groups is 1. The highest BCUT2D eigenvalue weighted by atomic mass is 32.2. The molecule has 0 radical (unpaired) electrons. The molecule has 0 aromatic carbocycles. The number of fused-ring (bicyclic) bond motifs is 1. The van der Waals surface area contributed by atoms with Crippen LogP contribution in [0, 0.1) is 5.92 Å². The summed E-state index contributed by atoms with van der Waals surface area (Å²) in [5.74, 6) is -1.03. The maximum absolute atomic E-state index is 11.9. The van der Waals surface area contributed by atoms with Crippen LogP contribution in [0.2, 0.25) is 0 Å². The van der Waals surface area contributed by atoms with Crippen LogP contribution in [0.15, 0.2) is 11.4 Å². The Bertz CT molecular complexity index is 642. The second-order valence-corrected chi connectivity index (χ2v) is 6.28.